The molecule has 23 heavy (non-hydrogen) atoms. The number of aliphatic imine (C=N–C) groups is 1. The Bertz CT molecular complexity index is 834. The molecule has 4 nitrogen and oxygen atoms in total. The second-order valence-corrected chi connectivity index (χ2v) is 7.02. The summed E-state index contributed by atoms with van der Waals surface area (Å²) in [7, 11) is 0. The van der Waals surface area contributed by atoms with Crippen molar-refractivity contribution in [3.05, 3.63) is 62.4 Å². The van der Waals surface area contributed by atoms with Crippen molar-refractivity contribution in [2.75, 3.05) is 0 Å². The number of benzene rings is 2. The molecule has 0 aromatic heterocycles. The molecule has 1 heterocycles. The first-order valence-corrected chi connectivity index (χ1v) is 8.54. The molecule has 0 aliphatic carbocycles. The summed E-state index contributed by atoms with van der Waals surface area (Å²) in [5.74, 6) is -0.204. The van der Waals surface area contributed by atoms with Gasteiger partial charge >= 0.3 is 0 Å². The van der Waals surface area contributed by atoms with Crippen LogP contribution in [-0.4, -0.2) is 16.2 Å². The number of nitrogens with zero attached hydrogens (tertiary/aromatic N) is 1. The number of thioether (sulfide) groups is 1. The molecule has 7 heteroatoms. The van der Waals surface area contributed by atoms with Crippen LogP contribution in [-0.2, 0) is 4.79 Å². The van der Waals surface area contributed by atoms with Gasteiger partial charge in [-0.2, -0.15) is 0 Å². The zero-order valence-electron chi connectivity index (χ0n) is 11.6. The molecule has 3 rings (SSSR count). The zero-order valence-corrected chi connectivity index (χ0v) is 14.7. The van der Waals surface area contributed by atoms with E-state index in [-0.39, 0.29) is 16.7 Å². The number of amidine groups is 1. The highest BCUT2D eigenvalue weighted by atomic mass is 79.9. The predicted octanol–water partition coefficient (Wildman–Crippen LogP) is 4.70. The topological polar surface area (TPSA) is 61.7 Å². The number of halogens is 2. The zero-order chi connectivity index (χ0) is 16.4. The van der Waals surface area contributed by atoms with E-state index in [2.05, 4.69) is 26.2 Å². The lowest BCUT2D eigenvalue weighted by Crippen LogP contribution is -2.19. The average molecular weight is 410 g/mol. The van der Waals surface area contributed by atoms with Gasteiger partial charge in [0, 0.05) is 4.47 Å². The van der Waals surface area contributed by atoms with Crippen LogP contribution in [0.1, 0.15) is 5.56 Å². The van der Waals surface area contributed by atoms with Crippen LogP contribution < -0.4 is 5.32 Å². The fourth-order valence-electron chi connectivity index (χ4n) is 1.88. The molecule has 1 aliphatic heterocycles. The number of amides is 1. The number of aromatic hydroxyl groups is 1. The molecule has 2 N–H and O–H groups in total. The lowest BCUT2D eigenvalue weighted by Gasteiger charge is -1.98. The Morgan fingerprint density at radius 2 is 1.96 bits per heavy atom. The van der Waals surface area contributed by atoms with Gasteiger partial charge in [0.1, 0.15) is 5.75 Å². The smallest absolute Gasteiger partial charge is 0.264 e. The number of hydrogen-bond acceptors (Lipinski definition) is 4. The third-order valence-electron chi connectivity index (χ3n) is 2.98. The van der Waals surface area contributed by atoms with Gasteiger partial charge in [0.15, 0.2) is 5.17 Å². The summed E-state index contributed by atoms with van der Waals surface area (Å²) in [6.45, 7) is 0. The minimum Gasteiger partial charge on any atom is -0.506 e. The molecule has 0 unspecified atom stereocenters. The van der Waals surface area contributed by atoms with E-state index >= 15 is 0 Å². The summed E-state index contributed by atoms with van der Waals surface area (Å²) in [6.07, 6.45) is 1.70. The largest absolute Gasteiger partial charge is 0.506 e. The summed E-state index contributed by atoms with van der Waals surface area (Å²) in [6, 6.07) is 12.2. The maximum Gasteiger partial charge on any atom is 0.264 e. The molecule has 0 radical (unpaired) electrons. The van der Waals surface area contributed by atoms with E-state index in [0.717, 1.165) is 15.7 Å². The molecule has 1 amide bonds. The molecular formula is C16H10BrClN2O2S. The minimum atomic E-state index is -0.213. The first-order valence-electron chi connectivity index (χ1n) is 6.55. The van der Waals surface area contributed by atoms with Crippen LogP contribution in [0.4, 0.5) is 5.69 Å². The summed E-state index contributed by atoms with van der Waals surface area (Å²) in [5.41, 5.74) is 1.49. The molecule has 1 fully saturated rings. The Morgan fingerprint density at radius 3 is 2.65 bits per heavy atom. The molecular weight excluding hydrogens is 400 g/mol. The molecule has 0 atom stereocenters. The maximum absolute atomic E-state index is 12.0. The Balaban J connectivity index is 1.83. The number of rotatable bonds is 2. The third kappa shape index (κ3) is 3.96. The normalized spacial score (nSPS) is 17.7. The highest BCUT2D eigenvalue weighted by Crippen LogP contribution is 2.30. The molecule has 2 aromatic rings. The number of nitrogens with one attached hydrogen (secondary N) is 1. The van der Waals surface area contributed by atoms with Crippen molar-refractivity contribution in [2.24, 2.45) is 4.99 Å². The van der Waals surface area contributed by atoms with Gasteiger partial charge in [-0.15, -0.1) is 0 Å². The number of carbonyl (C=O) groups is 1. The highest BCUT2D eigenvalue weighted by molar-refractivity contribution is 9.10. The molecule has 1 saturated heterocycles. The van der Waals surface area contributed by atoms with Gasteiger partial charge in [-0.3, -0.25) is 4.79 Å². The fourth-order valence-corrected chi connectivity index (χ4v) is 3.17. The first kappa shape index (κ1) is 16.1. The van der Waals surface area contributed by atoms with E-state index in [0.29, 0.717) is 10.1 Å². The lowest BCUT2D eigenvalue weighted by atomic mass is 10.2. The summed E-state index contributed by atoms with van der Waals surface area (Å²) in [5, 5.41) is 12.9. The molecule has 0 saturated carbocycles. The quantitative estimate of drug-likeness (QED) is 0.707. The predicted molar refractivity (Wildman–Crippen MR) is 98.1 cm³/mol. The second kappa shape index (κ2) is 6.78. The van der Waals surface area contributed by atoms with E-state index in [1.807, 2.05) is 24.3 Å². The Hall–Kier alpha value is -1.76. The van der Waals surface area contributed by atoms with E-state index in [9.17, 15) is 9.90 Å². The number of phenols is 1. The van der Waals surface area contributed by atoms with E-state index in [1.54, 1.807) is 18.2 Å². The van der Waals surface area contributed by atoms with Gasteiger partial charge in [-0.25, -0.2) is 4.99 Å². The Morgan fingerprint density at radius 1 is 1.22 bits per heavy atom. The lowest BCUT2D eigenvalue weighted by molar-refractivity contribution is -0.115. The fraction of sp³-hybridized carbons (Fsp3) is 0. The van der Waals surface area contributed by atoms with Crippen LogP contribution in [0.2, 0.25) is 5.02 Å². The minimum absolute atomic E-state index is 0.00910. The third-order valence-corrected chi connectivity index (χ3v) is 4.72. The molecule has 0 bridgehead atoms. The van der Waals surface area contributed by atoms with Gasteiger partial charge in [-0.05, 0) is 59.8 Å². The maximum atomic E-state index is 12.0. The van der Waals surface area contributed by atoms with Crippen molar-refractivity contribution in [1.82, 2.24) is 5.32 Å². The van der Waals surface area contributed by atoms with Gasteiger partial charge in [0.25, 0.3) is 5.91 Å². The van der Waals surface area contributed by atoms with Crippen LogP contribution in [0.25, 0.3) is 6.08 Å². The molecule has 1 aliphatic rings. The van der Waals surface area contributed by atoms with Crippen LogP contribution in [0.15, 0.2) is 56.8 Å². The first-order chi connectivity index (χ1) is 11.0. The van der Waals surface area contributed by atoms with Gasteiger partial charge in [-0.1, -0.05) is 33.6 Å². The van der Waals surface area contributed by atoms with Crippen LogP contribution in [0, 0.1) is 0 Å². The summed E-state index contributed by atoms with van der Waals surface area (Å²) in [4.78, 5) is 16.9. The van der Waals surface area contributed by atoms with Crippen LogP contribution in [0.3, 0.4) is 0 Å². The van der Waals surface area contributed by atoms with E-state index < -0.39 is 0 Å². The molecule has 2 aromatic carbocycles. The summed E-state index contributed by atoms with van der Waals surface area (Å²) < 4.78 is 0.967. The number of hydrogen-bond donors (Lipinski definition) is 2. The molecule has 116 valence electrons. The van der Waals surface area contributed by atoms with Crippen molar-refractivity contribution in [2.45, 2.75) is 0 Å². The number of carbonyl (C=O) groups excluding carboxylic acids is 1. The monoisotopic (exact) mass is 408 g/mol. The summed E-state index contributed by atoms with van der Waals surface area (Å²) >= 11 is 10.5. The van der Waals surface area contributed by atoms with E-state index in [1.165, 1.54) is 17.8 Å². The van der Waals surface area contributed by atoms with Crippen molar-refractivity contribution in [3.8, 4) is 5.75 Å². The molecule has 0 spiro atoms. The second-order valence-electron chi connectivity index (χ2n) is 4.67. The SMILES string of the molecule is O=C1NC(=Nc2ccc(Br)cc2)S/C1=C\c1ccc(O)c(Cl)c1. The van der Waals surface area contributed by atoms with Crippen molar-refractivity contribution >= 4 is 62.1 Å². The van der Waals surface area contributed by atoms with Gasteiger partial charge in [0.2, 0.25) is 0 Å². The van der Waals surface area contributed by atoms with Gasteiger partial charge < -0.3 is 10.4 Å². The van der Waals surface area contributed by atoms with Crippen molar-refractivity contribution in [3.63, 3.8) is 0 Å². The average Bonchev–Trinajstić information content (AvgIpc) is 2.85. The highest BCUT2D eigenvalue weighted by Gasteiger charge is 2.23. The standard InChI is InChI=1S/C16H10BrClN2O2S/c17-10-2-4-11(5-3-10)19-16-20-15(22)14(23-16)8-9-1-6-13(21)12(18)7-9/h1-8,21H,(H,19,20,22)/b14-8-. The van der Waals surface area contributed by atoms with Gasteiger partial charge in [0.05, 0.1) is 15.6 Å². The van der Waals surface area contributed by atoms with Crippen LogP contribution >= 0.6 is 39.3 Å². The number of phenolic OH excluding ortho intramolecular Hbond substituents is 1. The van der Waals surface area contributed by atoms with Crippen LogP contribution in [0.5, 0.6) is 5.75 Å². The van der Waals surface area contributed by atoms with Crippen molar-refractivity contribution in [1.29, 1.82) is 0 Å². The Kier molecular flexibility index (Phi) is 4.75. The van der Waals surface area contributed by atoms with Crippen molar-refractivity contribution < 1.29 is 9.90 Å². The van der Waals surface area contributed by atoms with E-state index in [4.69, 9.17) is 11.6 Å². The Labute approximate surface area is 150 Å².